The van der Waals surface area contributed by atoms with Crippen molar-refractivity contribution in [2.24, 2.45) is 0 Å². The number of aryl methyl sites for hydroxylation is 3. The standard InChI is InChI=1S/C24H20Cl2N2O2S/c1-14-5-4-6-15(11-14)13-27-23-21(17-7-2-3-8-20(17)31-23)22(29)28(24(27)30)16-9-10-18(25)19(26)12-16/h4-6,9-12H,2-3,7-8,13H2,1H3. The van der Waals surface area contributed by atoms with E-state index in [1.165, 1.54) is 9.44 Å². The zero-order chi connectivity index (χ0) is 21.7. The maximum Gasteiger partial charge on any atom is 0.337 e. The maximum absolute atomic E-state index is 13.7. The van der Waals surface area contributed by atoms with Crippen molar-refractivity contribution in [1.29, 1.82) is 0 Å². The number of aromatic nitrogens is 2. The van der Waals surface area contributed by atoms with Crippen LogP contribution in [0, 0.1) is 6.92 Å². The number of nitrogens with zero attached hydrogens (tertiary/aromatic N) is 2. The molecule has 0 bridgehead atoms. The van der Waals surface area contributed by atoms with Crippen LogP contribution in [-0.4, -0.2) is 9.13 Å². The molecule has 0 spiro atoms. The molecule has 0 radical (unpaired) electrons. The summed E-state index contributed by atoms with van der Waals surface area (Å²) in [5.41, 5.74) is 3.04. The van der Waals surface area contributed by atoms with E-state index in [0.29, 0.717) is 27.7 Å². The van der Waals surface area contributed by atoms with E-state index in [1.807, 2.05) is 25.1 Å². The third kappa shape index (κ3) is 3.55. The first kappa shape index (κ1) is 20.6. The second-order valence-corrected chi connectivity index (χ2v) is 9.89. The predicted octanol–water partition coefficient (Wildman–Crippen LogP) is 5.76. The number of rotatable bonds is 3. The van der Waals surface area contributed by atoms with Gasteiger partial charge in [-0.1, -0.05) is 53.0 Å². The van der Waals surface area contributed by atoms with Gasteiger partial charge in [0.25, 0.3) is 5.56 Å². The Morgan fingerprint density at radius 2 is 1.81 bits per heavy atom. The van der Waals surface area contributed by atoms with Crippen molar-refractivity contribution >= 4 is 44.8 Å². The smallest absolute Gasteiger partial charge is 0.280 e. The van der Waals surface area contributed by atoms with Crippen LogP contribution in [-0.2, 0) is 19.4 Å². The molecule has 0 aliphatic heterocycles. The van der Waals surface area contributed by atoms with Crippen molar-refractivity contribution in [3.63, 3.8) is 0 Å². The fourth-order valence-electron chi connectivity index (χ4n) is 4.35. The van der Waals surface area contributed by atoms with Gasteiger partial charge in [-0.15, -0.1) is 11.3 Å². The topological polar surface area (TPSA) is 44.0 Å². The first-order chi connectivity index (χ1) is 14.9. The summed E-state index contributed by atoms with van der Waals surface area (Å²) in [6.45, 7) is 2.43. The highest BCUT2D eigenvalue weighted by atomic mass is 35.5. The normalized spacial score (nSPS) is 13.5. The maximum atomic E-state index is 13.7. The van der Waals surface area contributed by atoms with Gasteiger partial charge in [-0.3, -0.25) is 9.36 Å². The molecule has 31 heavy (non-hydrogen) atoms. The Morgan fingerprint density at radius 3 is 2.58 bits per heavy atom. The average Bonchev–Trinajstić information content (AvgIpc) is 3.13. The average molecular weight is 471 g/mol. The number of thiophene rings is 1. The minimum atomic E-state index is -0.365. The van der Waals surface area contributed by atoms with Crippen LogP contribution >= 0.6 is 34.5 Å². The predicted molar refractivity (Wildman–Crippen MR) is 129 cm³/mol. The van der Waals surface area contributed by atoms with E-state index < -0.39 is 0 Å². The Hall–Kier alpha value is -2.34. The zero-order valence-corrected chi connectivity index (χ0v) is 19.3. The van der Waals surface area contributed by atoms with Crippen LogP contribution in [0.2, 0.25) is 10.0 Å². The molecule has 2 heterocycles. The first-order valence-corrected chi connectivity index (χ1v) is 11.8. The Morgan fingerprint density at radius 1 is 1.00 bits per heavy atom. The van der Waals surface area contributed by atoms with E-state index in [2.05, 4.69) is 6.07 Å². The molecule has 0 unspecified atom stereocenters. The lowest BCUT2D eigenvalue weighted by Crippen LogP contribution is -2.39. The van der Waals surface area contributed by atoms with E-state index in [4.69, 9.17) is 23.2 Å². The van der Waals surface area contributed by atoms with E-state index in [1.54, 1.807) is 34.1 Å². The Labute approximate surface area is 193 Å². The second kappa shape index (κ2) is 7.97. The molecular formula is C24H20Cl2N2O2S. The Kier molecular flexibility index (Phi) is 5.29. The summed E-state index contributed by atoms with van der Waals surface area (Å²) in [7, 11) is 0. The first-order valence-electron chi connectivity index (χ1n) is 10.2. The van der Waals surface area contributed by atoms with Crippen molar-refractivity contribution in [1.82, 2.24) is 9.13 Å². The largest absolute Gasteiger partial charge is 0.337 e. The SMILES string of the molecule is Cc1cccc(Cn2c(=O)n(-c3ccc(Cl)c(Cl)c3)c(=O)c3c4c(sc32)CCCC4)c1. The highest BCUT2D eigenvalue weighted by molar-refractivity contribution is 7.18. The molecule has 1 aliphatic carbocycles. The molecule has 0 saturated heterocycles. The molecule has 0 amide bonds. The number of hydrogen-bond acceptors (Lipinski definition) is 3. The van der Waals surface area contributed by atoms with Crippen LogP contribution in [0.25, 0.3) is 15.9 Å². The van der Waals surface area contributed by atoms with Crippen molar-refractivity contribution in [2.45, 2.75) is 39.2 Å². The summed E-state index contributed by atoms with van der Waals surface area (Å²) in [4.78, 5) is 29.3. The summed E-state index contributed by atoms with van der Waals surface area (Å²) in [5, 5.41) is 1.36. The molecule has 4 nitrogen and oxygen atoms in total. The second-order valence-electron chi connectivity index (χ2n) is 7.99. The molecule has 2 aromatic carbocycles. The van der Waals surface area contributed by atoms with Crippen LogP contribution in [0.4, 0.5) is 0 Å². The lowest BCUT2D eigenvalue weighted by molar-refractivity contribution is 0.696. The summed E-state index contributed by atoms with van der Waals surface area (Å²) in [5.74, 6) is 0. The van der Waals surface area contributed by atoms with Crippen LogP contribution in [0.15, 0.2) is 52.1 Å². The molecule has 0 N–H and O–H groups in total. The fourth-order valence-corrected chi connectivity index (χ4v) is 6.02. The lowest BCUT2D eigenvalue weighted by atomic mass is 9.97. The molecular weight excluding hydrogens is 451 g/mol. The van der Waals surface area contributed by atoms with Gasteiger partial charge in [-0.2, -0.15) is 0 Å². The number of hydrogen-bond donors (Lipinski definition) is 0. The number of halogens is 2. The third-order valence-electron chi connectivity index (χ3n) is 5.82. The van der Waals surface area contributed by atoms with Gasteiger partial charge < -0.3 is 0 Å². The highest BCUT2D eigenvalue weighted by Gasteiger charge is 2.24. The van der Waals surface area contributed by atoms with Gasteiger partial charge in [-0.25, -0.2) is 9.36 Å². The Bertz CT molecular complexity index is 1450. The van der Waals surface area contributed by atoms with Crippen molar-refractivity contribution in [3.8, 4) is 5.69 Å². The van der Waals surface area contributed by atoms with E-state index >= 15 is 0 Å². The van der Waals surface area contributed by atoms with E-state index in [-0.39, 0.29) is 11.2 Å². The molecule has 0 saturated carbocycles. The molecule has 0 fully saturated rings. The summed E-state index contributed by atoms with van der Waals surface area (Å²) >= 11 is 13.9. The van der Waals surface area contributed by atoms with Crippen molar-refractivity contribution < 1.29 is 0 Å². The van der Waals surface area contributed by atoms with Gasteiger partial charge in [-0.05, 0) is 61.9 Å². The minimum absolute atomic E-state index is 0.279. The van der Waals surface area contributed by atoms with Crippen LogP contribution in [0.3, 0.4) is 0 Å². The highest BCUT2D eigenvalue weighted by Crippen LogP contribution is 2.34. The fraction of sp³-hybridized carbons (Fsp3) is 0.250. The molecule has 2 aromatic heterocycles. The monoisotopic (exact) mass is 470 g/mol. The summed E-state index contributed by atoms with van der Waals surface area (Å²) in [6.07, 6.45) is 4.00. The van der Waals surface area contributed by atoms with E-state index in [9.17, 15) is 9.59 Å². The third-order valence-corrected chi connectivity index (χ3v) is 7.88. The molecule has 7 heteroatoms. The van der Waals surface area contributed by atoms with Gasteiger partial charge in [0.1, 0.15) is 4.83 Å². The van der Waals surface area contributed by atoms with Crippen LogP contribution in [0.1, 0.15) is 34.4 Å². The summed E-state index contributed by atoms with van der Waals surface area (Å²) in [6, 6.07) is 13.0. The molecule has 5 rings (SSSR count). The van der Waals surface area contributed by atoms with Gasteiger partial charge in [0, 0.05) is 4.88 Å². The summed E-state index contributed by atoms with van der Waals surface area (Å²) < 4.78 is 2.97. The molecule has 4 aromatic rings. The van der Waals surface area contributed by atoms with Gasteiger partial charge in [0.05, 0.1) is 27.7 Å². The van der Waals surface area contributed by atoms with Crippen LogP contribution < -0.4 is 11.2 Å². The quantitative estimate of drug-likeness (QED) is 0.382. The molecule has 158 valence electrons. The van der Waals surface area contributed by atoms with Gasteiger partial charge in [0.15, 0.2) is 0 Å². The minimum Gasteiger partial charge on any atom is -0.280 e. The van der Waals surface area contributed by atoms with Gasteiger partial charge in [0.2, 0.25) is 0 Å². The van der Waals surface area contributed by atoms with E-state index in [0.717, 1.165) is 47.2 Å². The lowest BCUT2D eigenvalue weighted by Gasteiger charge is -2.14. The molecule has 1 aliphatic rings. The molecule has 0 atom stereocenters. The van der Waals surface area contributed by atoms with Crippen molar-refractivity contribution in [3.05, 3.63) is 94.9 Å². The van der Waals surface area contributed by atoms with Gasteiger partial charge >= 0.3 is 5.69 Å². The zero-order valence-electron chi connectivity index (χ0n) is 17.0. The van der Waals surface area contributed by atoms with Crippen molar-refractivity contribution in [2.75, 3.05) is 0 Å². The number of fused-ring (bicyclic) bond motifs is 3. The number of benzene rings is 2. The Balaban J connectivity index is 1.84. The van der Waals surface area contributed by atoms with Crippen LogP contribution in [0.5, 0.6) is 0 Å².